The Kier molecular flexibility index (Phi) is 6.08. The molecule has 0 amide bonds. The van der Waals surface area contributed by atoms with Crippen LogP contribution >= 0.6 is 27.7 Å². The third-order valence-corrected chi connectivity index (χ3v) is 4.27. The molecule has 0 unspecified atom stereocenters. The van der Waals surface area contributed by atoms with Gasteiger partial charge in [-0.25, -0.2) is 0 Å². The normalized spacial score (nSPS) is 11.1. The second-order valence-corrected chi connectivity index (χ2v) is 6.70. The summed E-state index contributed by atoms with van der Waals surface area (Å²) < 4.78 is 8.81. The zero-order valence-corrected chi connectivity index (χ0v) is 14.5. The molecule has 0 atom stereocenters. The first-order chi connectivity index (χ1) is 10.1. The Morgan fingerprint density at radius 2 is 2.00 bits per heavy atom. The van der Waals surface area contributed by atoms with Gasteiger partial charge in [-0.1, -0.05) is 27.7 Å². The van der Waals surface area contributed by atoms with Crippen LogP contribution in [-0.2, 0) is 6.54 Å². The van der Waals surface area contributed by atoms with Gasteiger partial charge in [0.25, 0.3) is 0 Å². The van der Waals surface area contributed by atoms with Gasteiger partial charge in [0, 0.05) is 16.3 Å². The minimum atomic E-state index is 0.299. The van der Waals surface area contributed by atoms with Crippen LogP contribution in [0.4, 0.5) is 0 Å². The molecule has 2 rings (SSSR count). The molecular formula is C14H19BrN4OS. The molecule has 0 saturated carbocycles. The van der Waals surface area contributed by atoms with Crippen molar-refractivity contribution in [3.8, 4) is 5.75 Å². The average Bonchev–Trinajstić information content (AvgIpc) is 2.88. The van der Waals surface area contributed by atoms with E-state index in [1.54, 1.807) is 11.8 Å². The van der Waals surface area contributed by atoms with Crippen LogP contribution in [0.25, 0.3) is 0 Å². The Hall–Kier alpha value is -1.05. The van der Waals surface area contributed by atoms with Crippen molar-refractivity contribution in [1.82, 2.24) is 14.8 Å². The summed E-state index contributed by atoms with van der Waals surface area (Å²) in [5, 5.41) is 9.22. The van der Waals surface area contributed by atoms with Crippen LogP contribution in [0, 0.1) is 0 Å². The first-order valence-electron chi connectivity index (χ1n) is 6.77. The molecule has 5 nitrogen and oxygen atoms in total. The van der Waals surface area contributed by atoms with Gasteiger partial charge >= 0.3 is 0 Å². The number of hydrogen-bond acceptors (Lipinski definition) is 5. The molecule has 114 valence electrons. The summed E-state index contributed by atoms with van der Waals surface area (Å²) in [4.78, 5) is 0. The topological polar surface area (TPSA) is 66.0 Å². The predicted octanol–water partition coefficient (Wildman–Crippen LogP) is 3.25. The summed E-state index contributed by atoms with van der Waals surface area (Å²) in [6.45, 7) is 5.23. The van der Waals surface area contributed by atoms with Crippen molar-refractivity contribution in [3.05, 3.63) is 34.6 Å². The fourth-order valence-electron chi connectivity index (χ4n) is 1.89. The minimum absolute atomic E-state index is 0.299. The number of nitrogens with zero attached hydrogens (tertiary/aromatic N) is 3. The van der Waals surface area contributed by atoms with Crippen LogP contribution in [0.2, 0.25) is 0 Å². The highest BCUT2D eigenvalue weighted by Gasteiger charge is 2.13. The van der Waals surface area contributed by atoms with Gasteiger partial charge in [-0.2, -0.15) is 0 Å². The van der Waals surface area contributed by atoms with Crippen molar-refractivity contribution < 1.29 is 4.74 Å². The molecular weight excluding hydrogens is 352 g/mol. The number of ether oxygens (including phenoxy) is 1. The van der Waals surface area contributed by atoms with Crippen molar-refractivity contribution in [2.24, 2.45) is 5.73 Å². The van der Waals surface area contributed by atoms with E-state index in [4.69, 9.17) is 10.5 Å². The van der Waals surface area contributed by atoms with Crippen molar-refractivity contribution in [2.45, 2.75) is 31.6 Å². The first-order valence-corrected chi connectivity index (χ1v) is 8.54. The maximum Gasteiger partial charge on any atom is 0.191 e. The molecule has 0 fully saturated rings. The largest absolute Gasteiger partial charge is 0.493 e. The lowest BCUT2D eigenvalue weighted by atomic mass is 10.3. The van der Waals surface area contributed by atoms with Crippen LogP contribution in [0.3, 0.4) is 0 Å². The number of nitrogens with two attached hydrogens (primary N) is 1. The second kappa shape index (κ2) is 7.82. The molecule has 2 aromatic rings. The van der Waals surface area contributed by atoms with Crippen molar-refractivity contribution >= 4 is 27.7 Å². The van der Waals surface area contributed by atoms with Gasteiger partial charge < -0.3 is 15.0 Å². The summed E-state index contributed by atoms with van der Waals surface area (Å²) in [5.74, 6) is 2.50. The zero-order chi connectivity index (χ0) is 15.2. The van der Waals surface area contributed by atoms with E-state index < -0.39 is 0 Å². The number of rotatable bonds is 7. The van der Waals surface area contributed by atoms with E-state index >= 15 is 0 Å². The molecule has 1 aromatic carbocycles. The van der Waals surface area contributed by atoms with E-state index in [1.807, 2.05) is 24.3 Å². The van der Waals surface area contributed by atoms with Gasteiger partial charge in [0.05, 0.1) is 13.2 Å². The van der Waals surface area contributed by atoms with Crippen LogP contribution in [0.5, 0.6) is 5.75 Å². The molecule has 0 radical (unpaired) electrons. The summed E-state index contributed by atoms with van der Waals surface area (Å²) in [6, 6.07) is 8.11. The van der Waals surface area contributed by atoms with E-state index in [9.17, 15) is 0 Å². The lowest BCUT2D eigenvalue weighted by Gasteiger charge is -2.12. The smallest absolute Gasteiger partial charge is 0.191 e. The zero-order valence-electron chi connectivity index (χ0n) is 12.1. The van der Waals surface area contributed by atoms with E-state index in [-0.39, 0.29) is 0 Å². The third-order valence-electron chi connectivity index (χ3n) is 2.83. The van der Waals surface area contributed by atoms with Gasteiger partial charge in [-0.05, 0) is 38.1 Å². The molecule has 0 aliphatic heterocycles. The van der Waals surface area contributed by atoms with Crippen LogP contribution in [0.1, 0.15) is 25.7 Å². The molecule has 0 aliphatic carbocycles. The highest BCUT2D eigenvalue weighted by molar-refractivity contribution is 9.10. The predicted molar refractivity (Wildman–Crippen MR) is 88.7 cm³/mol. The van der Waals surface area contributed by atoms with E-state index in [1.165, 1.54) is 0 Å². The summed E-state index contributed by atoms with van der Waals surface area (Å²) in [6.07, 6.45) is 0. The second-order valence-electron chi connectivity index (χ2n) is 4.72. The van der Waals surface area contributed by atoms with Gasteiger partial charge in [0.15, 0.2) is 5.16 Å². The Bertz CT molecular complexity index is 571. The molecule has 0 saturated heterocycles. The molecule has 0 spiro atoms. The molecule has 1 heterocycles. The third kappa shape index (κ3) is 4.46. The highest BCUT2D eigenvalue weighted by Crippen LogP contribution is 2.22. The van der Waals surface area contributed by atoms with E-state index in [2.05, 4.69) is 44.5 Å². The van der Waals surface area contributed by atoms with Gasteiger partial charge in [0.1, 0.15) is 11.6 Å². The van der Waals surface area contributed by atoms with Crippen molar-refractivity contribution in [2.75, 3.05) is 12.4 Å². The van der Waals surface area contributed by atoms with Crippen LogP contribution in [-0.4, -0.2) is 27.1 Å². The first kappa shape index (κ1) is 16.3. The van der Waals surface area contributed by atoms with Gasteiger partial charge in [-0.3, -0.25) is 0 Å². The summed E-state index contributed by atoms with van der Waals surface area (Å²) >= 11 is 5.03. The number of aromatic nitrogens is 3. The molecule has 0 bridgehead atoms. The number of halogens is 1. The van der Waals surface area contributed by atoms with Crippen LogP contribution in [0.15, 0.2) is 33.9 Å². The number of benzene rings is 1. The monoisotopic (exact) mass is 370 g/mol. The number of thioether (sulfide) groups is 1. The van der Waals surface area contributed by atoms with E-state index in [0.717, 1.165) is 27.0 Å². The lowest BCUT2D eigenvalue weighted by molar-refractivity contribution is 0.343. The average molecular weight is 371 g/mol. The minimum Gasteiger partial charge on any atom is -0.493 e. The standard InChI is InChI=1S/C14H19BrN4OS/c1-10(2)19-13(9-16)17-18-14(19)21-8-7-20-12-5-3-11(15)4-6-12/h3-6,10H,7-9,16H2,1-2H3. The molecule has 0 aliphatic rings. The SMILES string of the molecule is CC(C)n1c(CN)nnc1SCCOc1ccc(Br)cc1. The van der Waals surface area contributed by atoms with Gasteiger partial charge in [0.2, 0.25) is 0 Å². The molecule has 7 heteroatoms. The molecule has 21 heavy (non-hydrogen) atoms. The maximum absolute atomic E-state index is 5.69. The van der Waals surface area contributed by atoms with Crippen molar-refractivity contribution in [3.63, 3.8) is 0 Å². The van der Waals surface area contributed by atoms with Gasteiger partial charge in [-0.15, -0.1) is 10.2 Å². The van der Waals surface area contributed by atoms with E-state index in [0.29, 0.717) is 19.2 Å². The molecule has 1 aromatic heterocycles. The Balaban J connectivity index is 1.86. The Morgan fingerprint density at radius 3 is 2.62 bits per heavy atom. The fourth-order valence-corrected chi connectivity index (χ4v) is 3.05. The molecule has 2 N–H and O–H groups in total. The number of hydrogen-bond donors (Lipinski definition) is 1. The lowest BCUT2D eigenvalue weighted by Crippen LogP contribution is -2.11. The highest BCUT2D eigenvalue weighted by atomic mass is 79.9. The summed E-state index contributed by atoms with van der Waals surface area (Å²) in [5.41, 5.74) is 5.68. The Labute approximate surface area is 137 Å². The fraction of sp³-hybridized carbons (Fsp3) is 0.429. The maximum atomic E-state index is 5.69. The quantitative estimate of drug-likeness (QED) is 0.598. The Morgan fingerprint density at radius 1 is 1.29 bits per heavy atom. The van der Waals surface area contributed by atoms with Crippen molar-refractivity contribution in [1.29, 1.82) is 0 Å². The summed E-state index contributed by atoms with van der Waals surface area (Å²) in [7, 11) is 0. The van der Waals surface area contributed by atoms with Crippen LogP contribution < -0.4 is 10.5 Å².